The maximum absolute atomic E-state index is 12.9. The third-order valence-corrected chi connectivity index (χ3v) is 4.26. The fraction of sp³-hybridized carbons (Fsp3) is 0.714. The third-order valence-electron chi connectivity index (χ3n) is 4.26. The Morgan fingerprint density at radius 2 is 1.89 bits per heavy atom. The van der Waals surface area contributed by atoms with Crippen LogP contribution in [-0.2, 0) is 7.05 Å². The zero-order valence-corrected chi connectivity index (χ0v) is 11.6. The van der Waals surface area contributed by atoms with E-state index in [-0.39, 0.29) is 11.3 Å². The minimum atomic E-state index is -0.329. The molecule has 0 N–H and O–H groups in total. The van der Waals surface area contributed by atoms with E-state index in [1.54, 1.807) is 10.9 Å². The number of Topliss-reactive ketones (excluding diaryl/α,β-unsaturated/α-hetero) is 1. The minimum absolute atomic E-state index is 0.231. The fourth-order valence-electron chi connectivity index (χ4n) is 3.03. The Hall–Kier alpha value is -1.16. The number of carbonyl (C=O) groups is 1. The summed E-state index contributed by atoms with van der Waals surface area (Å²) >= 11 is 0. The third kappa shape index (κ3) is 2.21. The molecule has 1 aromatic rings. The summed E-state index contributed by atoms with van der Waals surface area (Å²) < 4.78 is 1.69. The van der Waals surface area contributed by atoms with Gasteiger partial charge in [0, 0.05) is 13.2 Å². The molecule has 18 heavy (non-hydrogen) atoms. The van der Waals surface area contributed by atoms with Crippen LogP contribution in [0.3, 0.4) is 0 Å². The van der Waals surface area contributed by atoms with Gasteiger partial charge in [-0.2, -0.15) is 5.10 Å². The molecule has 4 nitrogen and oxygen atoms in total. The zero-order chi connectivity index (χ0) is 13.2. The number of hydrogen-bond acceptors (Lipinski definition) is 3. The van der Waals surface area contributed by atoms with Crippen LogP contribution in [0.5, 0.6) is 0 Å². The first kappa shape index (κ1) is 13.3. The van der Waals surface area contributed by atoms with Crippen LogP contribution < -0.4 is 0 Å². The summed E-state index contributed by atoms with van der Waals surface area (Å²) in [5.41, 5.74) is 0.398. The van der Waals surface area contributed by atoms with Crippen molar-refractivity contribution in [3.63, 3.8) is 0 Å². The van der Waals surface area contributed by atoms with Gasteiger partial charge in [-0.1, -0.05) is 25.7 Å². The number of aryl methyl sites for hydroxylation is 1. The molecule has 0 atom stereocenters. The standard InChI is InChI=1S/C14H23N3O/c1-16(2)14(9-6-4-5-7-10-14)13(18)12-8-11-15-17(12)3/h8,11H,4-7,9-10H2,1-3H3. The molecule has 1 aromatic heterocycles. The summed E-state index contributed by atoms with van der Waals surface area (Å²) in [6.45, 7) is 0. The van der Waals surface area contributed by atoms with E-state index in [0.29, 0.717) is 0 Å². The number of likely N-dealkylation sites (N-methyl/N-ethyl adjacent to an activating group) is 1. The summed E-state index contributed by atoms with van der Waals surface area (Å²) in [6, 6.07) is 1.83. The Labute approximate surface area is 109 Å². The molecule has 0 aromatic carbocycles. The molecule has 1 aliphatic rings. The predicted octanol–water partition coefficient (Wildman–Crippen LogP) is 2.26. The maximum Gasteiger partial charge on any atom is 0.200 e. The molecule has 100 valence electrons. The van der Waals surface area contributed by atoms with E-state index in [0.717, 1.165) is 31.4 Å². The summed E-state index contributed by atoms with van der Waals surface area (Å²) in [5, 5.41) is 4.12. The normalized spacial score (nSPS) is 19.8. The molecule has 1 aliphatic carbocycles. The first-order valence-electron chi connectivity index (χ1n) is 6.78. The van der Waals surface area contributed by atoms with Gasteiger partial charge in [0.25, 0.3) is 0 Å². The van der Waals surface area contributed by atoms with Crippen LogP contribution in [-0.4, -0.2) is 40.1 Å². The van der Waals surface area contributed by atoms with E-state index in [1.807, 2.05) is 27.2 Å². The molecule has 1 fully saturated rings. The van der Waals surface area contributed by atoms with Crippen molar-refractivity contribution in [2.45, 2.75) is 44.1 Å². The van der Waals surface area contributed by atoms with Gasteiger partial charge in [-0.15, -0.1) is 0 Å². The lowest BCUT2D eigenvalue weighted by atomic mass is 9.83. The van der Waals surface area contributed by atoms with Crippen LogP contribution in [0.25, 0.3) is 0 Å². The largest absolute Gasteiger partial charge is 0.297 e. The average molecular weight is 249 g/mol. The fourth-order valence-corrected chi connectivity index (χ4v) is 3.03. The lowest BCUT2D eigenvalue weighted by Crippen LogP contribution is -2.51. The van der Waals surface area contributed by atoms with Gasteiger partial charge in [-0.3, -0.25) is 14.4 Å². The molecular weight excluding hydrogens is 226 g/mol. The van der Waals surface area contributed by atoms with Gasteiger partial charge < -0.3 is 0 Å². The van der Waals surface area contributed by atoms with Crippen molar-refractivity contribution in [3.05, 3.63) is 18.0 Å². The van der Waals surface area contributed by atoms with Crippen LogP contribution in [0.1, 0.15) is 49.0 Å². The van der Waals surface area contributed by atoms with Crippen LogP contribution in [0.2, 0.25) is 0 Å². The summed E-state index contributed by atoms with van der Waals surface area (Å²) in [4.78, 5) is 15.0. The Morgan fingerprint density at radius 3 is 2.33 bits per heavy atom. The second-order valence-corrected chi connectivity index (χ2v) is 5.51. The lowest BCUT2D eigenvalue weighted by Gasteiger charge is -2.37. The molecule has 4 heteroatoms. The first-order chi connectivity index (χ1) is 8.58. The zero-order valence-electron chi connectivity index (χ0n) is 11.6. The predicted molar refractivity (Wildman–Crippen MR) is 71.7 cm³/mol. The van der Waals surface area contributed by atoms with Crippen LogP contribution in [0.4, 0.5) is 0 Å². The van der Waals surface area contributed by atoms with E-state index in [1.165, 1.54) is 12.8 Å². The van der Waals surface area contributed by atoms with Crippen LogP contribution in [0.15, 0.2) is 12.3 Å². The molecule has 0 unspecified atom stereocenters. The Bertz CT molecular complexity index is 414. The van der Waals surface area contributed by atoms with Gasteiger partial charge in [0.1, 0.15) is 5.69 Å². The highest BCUT2D eigenvalue weighted by molar-refractivity contribution is 6.01. The van der Waals surface area contributed by atoms with E-state index in [2.05, 4.69) is 10.00 Å². The molecule has 0 bridgehead atoms. The van der Waals surface area contributed by atoms with Gasteiger partial charge >= 0.3 is 0 Å². The van der Waals surface area contributed by atoms with Crippen LogP contribution >= 0.6 is 0 Å². The van der Waals surface area contributed by atoms with E-state index in [4.69, 9.17) is 0 Å². The first-order valence-corrected chi connectivity index (χ1v) is 6.78. The Balaban J connectivity index is 2.35. The SMILES string of the molecule is CN(C)C1(C(=O)c2ccnn2C)CCCCCC1. The van der Waals surface area contributed by atoms with Gasteiger partial charge in [0.15, 0.2) is 0 Å². The second-order valence-electron chi connectivity index (χ2n) is 5.51. The maximum atomic E-state index is 12.9. The van der Waals surface area contributed by atoms with Crippen molar-refractivity contribution in [1.29, 1.82) is 0 Å². The van der Waals surface area contributed by atoms with Gasteiger partial charge in [-0.25, -0.2) is 0 Å². The molecule has 2 rings (SSSR count). The minimum Gasteiger partial charge on any atom is -0.297 e. The van der Waals surface area contributed by atoms with E-state index >= 15 is 0 Å². The number of carbonyl (C=O) groups excluding carboxylic acids is 1. The lowest BCUT2D eigenvalue weighted by molar-refractivity contribution is 0.0624. The molecule has 1 saturated carbocycles. The van der Waals surface area contributed by atoms with Crippen LogP contribution in [0, 0.1) is 0 Å². The van der Waals surface area contributed by atoms with E-state index < -0.39 is 0 Å². The smallest absolute Gasteiger partial charge is 0.200 e. The quantitative estimate of drug-likeness (QED) is 0.609. The number of aromatic nitrogens is 2. The van der Waals surface area contributed by atoms with Gasteiger partial charge in [-0.05, 0) is 33.0 Å². The highest BCUT2D eigenvalue weighted by Gasteiger charge is 2.41. The number of nitrogens with zero attached hydrogens (tertiary/aromatic N) is 3. The highest BCUT2D eigenvalue weighted by atomic mass is 16.1. The second kappa shape index (κ2) is 5.22. The van der Waals surface area contributed by atoms with Crippen molar-refractivity contribution < 1.29 is 4.79 Å². The molecule has 1 heterocycles. The summed E-state index contributed by atoms with van der Waals surface area (Å²) in [5.74, 6) is 0.231. The van der Waals surface area contributed by atoms with Crippen molar-refractivity contribution in [2.75, 3.05) is 14.1 Å². The number of ketones is 1. The number of rotatable bonds is 3. The van der Waals surface area contributed by atoms with Crippen molar-refractivity contribution in [3.8, 4) is 0 Å². The summed E-state index contributed by atoms with van der Waals surface area (Å²) in [7, 11) is 5.90. The molecule has 0 radical (unpaired) electrons. The van der Waals surface area contributed by atoms with Gasteiger partial charge in [0.2, 0.25) is 5.78 Å². The molecule has 0 aliphatic heterocycles. The summed E-state index contributed by atoms with van der Waals surface area (Å²) in [6.07, 6.45) is 8.40. The Morgan fingerprint density at radius 1 is 1.28 bits per heavy atom. The van der Waals surface area contributed by atoms with Crippen molar-refractivity contribution >= 4 is 5.78 Å². The Kier molecular flexibility index (Phi) is 3.85. The van der Waals surface area contributed by atoms with Crippen molar-refractivity contribution in [2.24, 2.45) is 7.05 Å². The molecule has 0 saturated heterocycles. The monoisotopic (exact) mass is 249 g/mol. The topological polar surface area (TPSA) is 38.1 Å². The highest BCUT2D eigenvalue weighted by Crippen LogP contribution is 2.33. The average Bonchev–Trinajstić information content (AvgIpc) is 2.63. The van der Waals surface area contributed by atoms with E-state index in [9.17, 15) is 4.79 Å². The molecule has 0 amide bonds. The van der Waals surface area contributed by atoms with Crippen molar-refractivity contribution in [1.82, 2.24) is 14.7 Å². The number of hydrogen-bond donors (Lipinski definition) is 0. The molecule has 0 spiro atoms. The molecular formula is C14H23N3O. The van der Waals surface area contributed by atoms with Gasteiger partial charge in [0.05, 0.1) is 5.54 Å².